The fraction of sp³-hybridized carbons (Fsp3) is 0.474. The van der Waals surface area contributed by atoms with Crippen LogP contribution in [0.1, 0.15) is 23.5 Å². The van der Waals surface area contributed by atoms with Crippen molar-refractivity contribution in [3.05, 3.63) is 52.5 Å². The Morgan fingerprint density at radius 1 is 1.17 bits per heavy atom. The molecule has 1 aliphatic carbocycles. The van der Waals surface area contributed by atoms with Crippen molar-refractivity contribution in [2.24, 2.45) is 5.92 Å². The lowest BCUT2D eigenvalue weighted by atomic mass is 10.1. The van der Waals surface area contributed by atoms with E-state index in [9.17, 15) is 4.79 Å². The maximum Gasteiger partial charge on any atom is 0.226 e. The Balaban J connectivity index is 1.22. The second kappa shape index (κ2) is 7.03. The van der Waals surface area contributed by atoms with Crippen LogP contribution in [0.25, 0.3) is 0 Å². The van der Waals surface area contributed by atoms with Crippen molar-refractivity contribution in [2.45, 2.75) is 18.8 Å². The van der Waals surface area contributed by atoms with Crippen LogP contribution in [0, 0.1) is 5.92 Å². The first kappa shape index (κ1) is 15.8. The zero-order valence-corrected chi connectivity index (χ0v) is 14.6. The third-order valence-electron chi connectivity index (χ3n) is 5.23. The van der Waals surface area contributed by atoms with Crippen LogP contribution in [0.3, 0.4) is 0 Å². The van der Waals surface area contributed by atoms with Gasteiger partial charge in [0, 0.05) is 51.0 Å². The Kier molecular flexibility index (Phi) is 4.63. The predicted octanol–water partition coefficient (Wildman–Crippen LogP) is 2.63. The van der Waals surface area contributed by atoms with Gasteiger partial charge in [0.1, 0.15) is 0 Å². The van der Waals surface area contributed by atoms with Gasteiger partial charge in [-0.1, -0.05) is 0 Å². The van der Waals surface area contributed by atoms with E-state index in [1.54, 1.807) is 11.3 Å². The lowest BCUT2D eigenvalue weighted by molar-refractivity contribution is -0.134. The number of carbonyl (C=O) groups excluding carboxylic acids is 1. The molecule has 0 unspecified atom stereocenters. The minimum atomic E-state index is 0.239. The molecule has 0 bridgehead atoms. The molecule has 3 heterocycles. The van der Waals surface area contributed by atoms with Crippen LogP contribution in [0.15, 0.2) is 41.4 Å². The van der Waals surface area contributed by atoms with Crippen molar-refractivity contribution < 1.29 is 4.79 Å². The van der Waals surface area contributed by atoms with E-state index in [0.29, 0.717) is 11.8 Å². The summed E-state index contributed by atoms with van der Waals surface area (Å²) in [5.74, 6) is 1.09. The maximum atomic E-state index is 12.7. The predicted molar refractivity (Wildman–Crippen MR) is 96.1 cm³/mol. The Morgan fingerprint density at radius 2 is 1.96 bits per heavy atom. The lowest BCUT2D eigenvalue weighted by Crippen LogP contribution is -2.49. The van der Waals surface area contributed by atoms with Crippen molar-refractivity contribution >= 4 is 17.2 Å². The summed E-state index contributed by atoms with van der Waals surface area (Å²) in [5, 5.41) is 4.30. The van der Waals surface area contributed by atoms with Gasteiger partial charge in [-0.2, -0.15) is 11.3 Å². The van der Waals surface area contributed by atoms with Gasteiger partial charge in [-0.3, -0.25) is 14.7 Å². The van der Waals surface area contributed by atoms with Crippen LogP contribution in [-0.4, -0.2) is 53.4 Å². The number of aromatic nitrogens is 1. The highest BCUT2D eigenvalue weighted by molar-refractivity contribution is 7.08. The van der Waals surface area contributed by atoms with Gasteiger partial charge in [0.15, 0.2) is 0 Å². The molecule has 1 saturated heterocycles. The minimum Gasteiger partial charge on any atom is -0.340 e. The number of amides is 1. The summed E-state index contributed by atoms with van der Waals surface area (Å²) in [4.78, 5) is 21.3. The SMILES string of the molecule is O=C([C@@H]1C[C@H]1c1ccsc1)N1CCN(CCc2ccncc2)CC1. The van der Waals surface area contributed by atoms with E-state index in [2.05, 4.69) is 43.7 Å². The first-order valence-electron chi connectivity index (χ1n) is 8.73. The molecule has 126 valence electrons. The molecular weight excluding hydrogens is 318 g/mol. The van der Waals surface area contributed by atoms with Gasteiger partial charge in [0.05, 0.1) is 0 Å². The highest BCUT2D eigenvalue weighted by atomic mass is 32.1. The molecule has 5 heteroatoms. The van der Waals surface area contributed by atoms with Gasteiger partial charge in [0.2, 0.25) is 5.91 Å². The summed E-state index contributed by atoms with van der Waals surface area (Å²) in [7, 11) is 0. The Labute approximate surface area is 147 Å². The third kappa shape index (κ3) is 3.52. The molecule has 0 N–H and O–H groups in total. The Hall–Kier alpha value is -1.72. The molecule has 2 aromatic heterocycles. The standard InChI is InChI=1S/C19H23N3OS/c23-19(18-13-17(18)16-4-12-24-14-16)22-10-8-21(9-11-22)7-3-15-1-5-20-6-2-15/h1-2,4-6,12,14,17-18H,3,7-11,13H2/t17-,18+/m0/s1. The zero-order valence-electron chi connectivity index (χ0n) is 13.8. The quantitative estimate of drug-likeness (QED) is 0.839. The van der Waals surface area contributed by atoms with E-state index in [1.165, 1.54) is 11.1 Å². The Morgan fingerprint density at radius 3 is 2.67 bits per heavy atom. The molecule has 2 fully saturated rings. The topological polar surface area (TPSA) is 36.4 Å². The van der Waals surface area contributed by atoms with Gasteiger partial charge in [-0.25, -0.2) is 0 Å². The van der Waals surface area contributed by atoms with Gasteiger partial charge in [-0.15, -0.1) is 0 Å². The van der Waals surface area contributed by atoms with Crippen LogP contribution in [-0.2, 0) is 11.2 Å². The van der Waals surface area contributed by atoms with Crippen molar-refractivity contribution in [3.8, 4) is 0 Å². The number of piperazine rings is 1. The number of thiophene rings is 1. The van der Waals surface area contributed by atoms with E-state index >= 15 is 0 Å². The highest BCUT2D eigenvalue weighted by Gasteiger charge is 2.46. The van der Waals surface area contributed by atoms with Gasteiger partial charge in [0.25, 0.3) is 0 Å². The number of hydrogen-bond acceptors (Lipinski definition) is 4. The molecule has 24 heavy (non-hydrogen) atoms. The summed E-state index contributed by atoms with van der Waals surface area (Å²) < 4.78 is 0. The summed E-state index contributed by atoms with van der Waals surface area (Å²) in [6.07, 6.45) is 5.80. The van der Waals surface area contributed by atoms with Gasteiger partial charge in [-0.05, 0) is 58.8 Å². The normalized spacial score (nSPS) is 24.1. The maximum absolute atomic E-state index is 12.7. The first-order valence-corrected chi connectivity index (χ1v) is 9.67. The largest absolute Gasteiger partial charge is 0.340 e. The summed E-state index contributed by atoms with van der Waals surface area (Å²) >= 11 is 1.73. The summed E-state index contributed by atoms with van der Waals surface area (Å²) in [5.41, 5.74) is 2.69. The van der Waals surface area contributed by atoms with E-state index in [4.69, 9.17) is 0 Å². The van der Waals surface area contributed by atoms with E-state index < -0.39 is 0 Å². The van der Waals surface area contributed by atoms with Gasteiger partial charge < -0.3 is 4.90 Å². The number of hydrogen-bond donors (Lipinski definition) is 0. The number of carbonyl (C=O) groups is 1. The fourth-order valence-electron chi connectivity index (χ4n) is 3.59. The zero-order chi connectivity index (χ0) is 16.4. The van der Waals surface area contributed by atoms with Crippen molar-refractivity contribution in [3.63, 3.8) is 0 Å². The second-order valence-electron chi connectivity index (χ2n) is 6.78. The van der Waals surface area contributed by atoms with Crippen LogP contribution in [0.5, 0.6) is 0 Å². The molecule has 0 spiro atoms. The van der Waals surface area contributed by atoms with E-state index in [0.717, 1.165) is 45.6 Å². The molecule has 2 aliphatic rings. The Bertz CT molecular complexity index is 665. The van der Waals surface area contributed by atoms with E-state index in [-0.39, 0.29) is 5.92 Å². The van der Waals surface area contributed by atoms with Crippen LogP contribution in [0.2, 0.25) is 0 Å². The molecule has 0 aromatic carbocycles. The van der Waals surface area contributed by atoms with Crippen molar-refractivity contribution in [1.29, 1.82) is 0 Å². The molecule has 4 nitrogen and oxygen atoms in total. The lowest BCUT2D eigenvalue weighted by Gasteiger charge is -2.35. The molecule has 1 amide bonds. The monoisotopic (exact) mass is 341 g/mol. The molecule has 4 rings (SSSR count). The van der Waals surface area contributed by atoms with Crippen LogP contribution < -0.4 is 0 Å². The van der Waals surface area contributed by atoms with Crippen LogP contribution >= 0.6 is 11.3 Å². The van der Waals surface area contributed by atoms with Crippen molar-refractivity contribution in [1.82, 2.24) is 14.8 Å². The first-order chi connectivity index (χ1) is 11.8. The van der Waals surface area contributed by atoms with E-state index in [1.807, 2.05) is 12.4 Å². The van der Waals surface area contributed by atoms with Gasteiger partial charge >= 0.3 is 0 Å². The third-order valence-corrected chi connectivity index (χ3v) is 5.93. The average Bonchev–Trinajstić information content (AvgIpc) is 3.25. The molecule has 1 saturated carbocycles. The summed E-state index contributed by atoms with van der Waals surface area (Å²) in [6.45, 7) is 4.80. The molecule has 2 aromatic rings. The molecular formula is C19H23N3OS. The molecule has 0 radical (unpaired) electrons. The molecule has 1 aliphatic heterocycles. The second-order valence-corrected chi connectivity index (χ2v) is 7.56. The summed E-state index contributed by atoms with van der Waals surface area (Å²) in [6, 6.07) is 6.33. The number of rotatable bonds is 5. The number of nitrogens with zero attached hydrogens (tertiary/aromatic N) is 3. The highest BCUT2D eigenvalue weighted by Crippen LogP contribution is 2.49. The van der Waals surface area contributed by atoms with Crippen LogP contribution in [0.4, 0.5) is 0 Å². The molecule has 2 atom stereocenters. The fourth-order valence-corrected chi connectivity index (χ4v) is 4.31. The average molecular weight is 341 g/mol. The smallest absolute Gasteiger partial charge is 0.226 e. The van der Waals surface area contributed by atoms with Crippen molar-refractivity contribution in [2.75, 3.05) is 32.7 Å². The number of pyridine rings is 1. The minimum absolute atomic E-state index is 0.239.